The number of phenols is 1. The summed E-state index contributed by atoms with van der Waals surface area (Å²) >= 11 is 0. The first-order chi connectivity index (χ1) is 17.2. The number of aryl methyl sites for hydroxylation is 2. The second-order valence-corrected chi connectivity index (χ2v) is 10.0. The SMILES string of the molecule is CC(=O)c1ccc(C)c(O)c1.CCC(C)c1ccc(C)cc1.CCCCCCCN(CCC)CCC. The lowest BCUT2D eigenvalue weighted by Gasteiger charge is -2.20. The molecule has 0 amide bonds. The summed E-state index contributed by atoms with van der Waals surface area (Å²) < 4.78 is 0. The average molecular weight is 498 g/mol. The number of rotatable bonds is 13. The first-order valence-electron chi connectivity index (χ1n) is 14.3. The number of hydrogen-bond acceptors (Lipinski definition) is 3. The van der Waals surface area contributed by atoms with Crippen LogP contribution in [0.3, 0.4) is 0 Å². The van der Waals surface area contributed by atoms with Gasteiger partial charge in [0.15, 0.2) is 5.78 Å². The van der Waals surface area contributed by atoms with E-state index in [9.17, 15) is 9.90 Å². The van der Waals surface area contributed by atoms with Crippen LogP contribution in [0.25, 0.3) is 0 Å². The van der Waals surface area contributed by atoms with Crippen molar-refractivity contribution in [3.63, 3.8) is 0 Å². The highest BCUT2D eigenvalue weighted by Crippen LogP contribution is 2.18. The van der Waals surface area contributed by atoms with Gasteiger partial charge in [-0.3, -0.25) is 4.79 Å². The fourth-order valence-electron chi connectivity index (χ4n) is 3.87. The van der Waals surface area contributed by atoms with Gasteiger partial charge in [0, 0.05) is 5.56 Å². The van der Waals surface area contributed by atoms with Crippen molar-refractivity contribution in [2.75, 3.05) is 19.6 Å². The van der Waals surface area contributed by atoms with Gasteiger partial charge in [-0.1, -0.05) is 102 Å². The highest BCUT2D eigenvalue weighted by Gasteiger charge is 2.02. The van der Waals surface area contributed by atoms with E-state index in [1.54, 1.807) is 19.1 Å². The van der Waals surface area contributed by atoms with Crippen LogP contribution in [-0.4, -0.2) is 35.4 Å². The molecule has 1 N–H and O–H groups in total. The Balaban J connectivity index is 0.000000515. The molecule has 0 bridgehead atoms. The molecule has 2 rings (SSSR count). The fraction of sp³-hybridized carbons (Fsp3) is 0.606. The maximum Gasteiger partial charge on any atom is 0.159 e. The molecule has 0 heterocycles. The van der Waals surface area contributed by atoms with Crippen LogP contribution >= 0.6 is 0 Å². The Bertz CT molecular complexity index is 807. The summed E-state index contributed by atoms with van der Waals surface area (Å²) in [5, 5.41) is 9.20. The molecule has 36 heavy (non-hydrogen) atoms. The van der Waals surface area contributed by atoms with E-state index >= 15 is 0 Å². The lowest BCUT2D eigenvalue weighted by atomic mass is 9.98. The molecule has 1 unspecified atom stereocenters. The highest BCUT2D eigenvalue weighted by atomic mass is 16.3. The van der Waals surface area contributed by atoms with Crippen molar-refractivity contribution < 1.29 is 9.90 Å². The van der Waals surface area contributed by atoms with Crippen molar-refractivity contribution in [3.05, 3.63) is 64.7 Å². The molecule has 0 spiro atoms. The molecular formula is C33H55NO2. The summed E-state index contributed by atoms with van der Waals surface area (Å²) in [6.45, 7) is 20.6. The van der Waals surface area contributed by atoms with Gasteiger partial charge in [0.2, 0.25) is 0 Å². The van der Waals surface area contributed by atoms with Crippen LogP contribution in [0.15, 0.2) is 42.5 Å². The standard InChI is InChI=1S/C13H29N.C11H16.C9H10O2/c1-4-7-8-9-10-13-14(11-5-2)12-6-3;1-4-10(3)11-7-5-9(2)6-8-11;1-6-3-4-8(7(2)10)5-9(6)11/h4-13H2,1-3H3;5-8,10H,4H2,1-3H3;3-5,11H,1-2H3. The number of benzene rings is 2. The molecule has 0 radical (unpaired) electrons. The van der Waals surface area contributed by atoms with E-state index in [-0.39, 0.29) is 11.5 Å². The van der Waals surface area contributed by atoms with Gasteiger partial charge in [0.1, 0.15) is 5.75 Å². The predicted molar refractivity (Wildman–Crippen MR) is 159 cm³/mol. The van der Waals surface area contributed by atoms with E-state index in [1.807, 2.05) is 0 Å². The maximum atomic E-state index is 10.8. The molecule has 204 valence electrons. The van der Waals surface area contributed by atoms with Crippen LogP contribution in [0.5, 0.6) is 5.75 Å². The zero-order chi connectivity index (χ0) is 27.3. The van der Waals surface area contributed by atoms with Crippen LogP contribution in [-0.2, 0) is 0 Å². The van der Waals surface area contributed by atoms with Crippen LogP contribution in [0.2, 0.25) is 0 Å². The summed E-state index contributed by atoms with van der Waals surface area (Å²) in [7, 11) is 0. The smallest absolute Gasteiger partial charge is 0.159 e. The minimum atomic E-state index is -0.0275. The first-order valence-corrected chi connectivity index (χ1v) is 14.3. The molecule has 3 nitrogen and oxygen atoms in total. The predicted octanol–water partition coefficient (Wildman–Crippen LogP) is 9.49. The number of phenolic OH excluding ortho intramolecular Hbond substituents is 1. The molecule has 0 saturated heterocycles. The van der Waals surface area contributed by atoms with Crippen molar-refractivity contribution in [3.8, 4) is 5.75 Å². The lowest BCUT2D eigenvalue weighted by molar-refractivity contribution is 0.101. The van der Waals surface area contributed by atoms with Crippen molar-refractivity contribution >= 4 is 5.78 Å². The molecular weight excluding hydrogens is 442 g/mol. The van der Waals surface area contributed by atoms with E-state index in [2.05, 4.69) is 70.7 Å². The van der Waals surface area contributed by atoms with Gasteiger partial charge in [-0.05, 0) is 89.2 Å². The third kappa shape index (κ3) is 15.8. The van der Waals surface area contributed by atoms with Gasteiger partial charge in [-0.2, -0.15) is 0 Å². The van der Waals surface area contributed by atoms with Crippen molar-refractivity contribution in [2.24, 2.45) is 0 Å². The van der Waals surface area contributed by atoms with E-state index in [1.165, 1.54) is 95.1 Å². The Hall–Kier alpha value is -2.13. The largest absolute Gasteiger partial charge is 0.508 e. The van der Waals surface area contributed by atoms with Crippen molar-refractivity contribution in [1.82, 2.24) is 4.90 Å². The number of carbonyl (C=O) groups excluding carboxylic acids is 1. The number of hydrogen-bond donors (Lipinski definition) is 1. The maximum absolute atomic E-state index is 10.8. The number of Topliss-reactive ketones (excluding diaryl/α,β-unsaturated/α-hetero) is 1. The first kappa shape index (κ1) is 33.9. The van der Waals surface area contributed by atoms with E-state index in [4.69, 9.17) is 0 Å². The number of ketones is 1. The monoisotopic (exact) mass is 497 g/mol. The fourth-order valence-corrected chi connectivity index (χ4v) is 3.87. The number of unbranched alkanes of at least 4 members (excludes halogenated alkanes) is 4. The zero-order valence-electron chi connectivity index (χ0n) is 24.7. The van der Waals surface area contributed by atoms with Gasteiger partial charge < -0.3 is 10.0 Å². The number of carbonyl (C=O) groups is 1. The summed E-state index contributed by atoms with van der Waals surface area (Å²) in [4.78, 5) is 13.4. The van der Waals surface area contributed by atoms with Gasteiger partial charge in [0.05, 0.1) is 0 Å². The van der Waals surface area contributed by atoms with E-state index in [0.717, 1.165) is 5.56 Å². The Morgan fingerprint density at radius 3 is 1.86 bits per heavy atom. The minimum absolute atomic E-state index is 0.0275. The Morgan fingerprint density at radius 2 is 1.39 bits per heavy atom. The quantitative estimate of drug-likeness (QED) is 0.221. The normalized spacial score (nSPS) is 11.2. The Kier molecular flexibility index (Phi) is 19.8. The zero-order valence-corrected chi connectivity index (χ0v) is 24.7. The topological polar surface area (TPSA) is 40.5 Å². The van der Waals surface area contributed by atoms with Gasteiger partial charge in [0.25, 0.3) is 0 Å². The van der Waals surface area contributed by atoms with Crippen LogP contribution in [0, 0.1) is 13.8 Å². The third-order valence-corrected chi connectivity index (χ3v) is 6.53. The second kappa shape index (κ2) is 21.0. The molecule has 0 saturated carbocycles. The summed E-state index contributed by atoms with van der Waals surface area (Å²) in [6, 6.07) is 13.7. The second-order valence-electron chi connectivity index (χ2n) is 10.0. The van der Waals surface area contributed by atoms with Crippen LogP contribution < -0.4 is 0 Å². The molecule has 0 aliphatic carbocycles. The number of nitrogens with zero attached hydrogens (tertiary/aromatic N) is 1. The highest BCUT2D eigenvalue weighted by molar-refractivity contribution is 5.94. The Labute approximate surface area is 223 Å². The van der Waals surface area contributed by atoms with Crippen molar-refractivity contribution in [1.29, 1.82) is 0 Å². The third-order valence-electron chi connectivity index (χ3n) is 6.53. The Morgan fingerprint density at radius 1 is 0.806 bits per heavy atom. The summed E-state index contributed by atoms with van der Waals surface area (Å²) in [5.74, 6) is 0.855. The molecule has 0 aromatic heterocycles. The van der Waals surface area contributed by atoms with Crippen LogP contribution in [0.1, 0.15) is 126 Å². The summed E-state index contributed by atoms with van der Waals surface area (Å²) in [6.07, 6.45) is 10.9. The van der Waals surface area contributed by atoms with Crippen molar-refractivity contribution in [2.45, 2.75) is 113 Å². The van der Waals surface area contributed by atoms with Gasteiger partial charge in [-0.15, -0.1) is 0 Å². The molecule has 2 aromatic carbocycles. The molecule has 1 atom stereocenters. The average Bonchev–Trinajstić information content (AvgIpc) is 2.86. The molecule has 3 heteroatoms. The molecule has 0 aliphatic heterocycles. The van der Waals surface area contributed by atoms with E-state index < -0.39 is 0 Å². The van der Waals surface area contributed by atoms with Gasteiger partial charge in [-0.25, -0.2) is 0 Å². The molecule has 0 aliphatic rings. The lowest BCUT2D eigenvalue weighted by Crippen LogP contribution is -2.26. The molecule has 2 aromatic rings. The van der Waals surface area contributed by atoms with Gasteiger partial charge >= 0.3 is 0 Å². The van der Waals surface area contributed by atoms with E-state index in [0.29, 0.717) is 11.5 Å². The number of aromatic hydroxyl groups is 1. The summed E-state index contributed by atoms with van der Waals surface area (Å²) in [5.41, 5.74) is 4.14. The van der Waals surface area contributed by atoms with Crippen LogP contribution in [0.4, 0.5) is 0 Å². The molecule has 0 fully saturated rings. The minimum Gasteiger partial charge on any atom is -0.508 e.